The van der Waals surface area contributed by atoms with Crippen LogP contribution in [0.25, 0.3) is 12.2 Å². The number of rotatable bonds is 6. The van der Waals surface area contributed by atoms with Crippen molar-refractivity contribution in [1.82, 2.24) is 4.98 Å². The van der Waals surface area contributed by atoms with Gasteiger partial charge in [0.1, 0.15) is 10.4 Å². The average molecular weight is 385 g/mol. The Morgan fingerprint density at radius 2 is 2.11 bits per heavy atom. The predicted molar refractivity (Wildman–Crippen MR) is 109 cm³/mol. The summed E-state index contributed by atoms with van der Waals surface area (Å²) in [7, 11) is 1.73. The first-order valence-corrected chi connectivity index (χ1v) is 10.00. The molecule has 1 aliphatic rings. The van der Waals surface area contributed by atoms with Crippen LogP contribution in [0.3, 0.4) is 0 Å². The Kier molecular flexibility index (Phi) is 5.75. The van der Waals surface area contributed by atoms with E-state index >= 15 is 0 Å². The molecule has 142 valence electrons. The van der Waals surface area contributed by atoms with Crippen LogP contribution in [-0.2, 0) is 14.3 Å². The number of carbonyl (C=O) groups is 2. The van der Waals surface area contributed by atoms with Crippen LogP contribution in [0.5, 0.6) is 0 Å². The van der Waals surface area contributed by atoms with Gasteiger partial charge in [-0.25, -0.2) is 4.98 Å². The second kappa shape index (κ2) is 8.05. The molecule has 27 heavy (non-hydrogen) atoms. The van der Waals surface area contributed by atoms with Crippen LogP contribution in [0.15, 0.2) is 29.8 Å². The molecular formula is C21H24N2O3S. The lowest BCUT2D eigenvalue weighted by Gasteiger charge is -2.40. The van der Waals surface area contributed by atoms with Crippen LogP contribution in [0.1, 0.15) is 42.3 Å². The van der Waals surface area contributed by atoms with Gasteiger partial charge in [0.2, 0.25) is 5.91 Å². The van der Waals surface area contributed by atoms with Crippen molar-refractivity contribution in [2.45, 2.75) is 33.1 Å². The van der Waals surface area contributed by atoms with Crippen molar-refractivity contribution in [3.8, 4) is 0 Å². The van der Waals surface area contributed by atoms with Gasteiger partial charge in [0.05, 0.1) is 6.61 Å². The highest BCUT2D eigenvalue weighted by Gasteiger charge is 2.53. The summed E-state index contributed by atoms with van der Waals surface area (Å²) in [5.74, 6) is -0.582. The van der Waals surface area contributed by atoms with Crippen molar-refractivity contribution < 1.29 is 14.3 Å². The van der Waals surface area contributed by atoms with E-state index in [1.54, 1.807) is 36.4 Å². The minimum absolute atomic E-state index is 0.184. The molecule has 1 aliphatic carbocycles. The lowest BCUT2D eigenvalue weighted by Crippen LogP contribution is -2.52. The number of esters is 1. The van der Waals surface area contributed by atoms with Gasteiger partial charge in [-0.05, 0) is 50.0 Å². The molecule has 0 N–H and O–H groups in total. The summed E-state index contributed by atoms with van der Waals surface area (Å²) < 4.78 is 5.19. The maximum absolute atomic E-state index is 13.2. The molecule has 0 spiro atoms. The molecule has 1 fully saturated rings. The quantitative estimate of drug-likeness (QED) is 0.550. The number of thiazole rings is 1. The Morgan fingerprint density at radius 3 is 2.70 bits per heavy atom. The van der Waals surface area contributed by atoms with Crippen LogP contribution >= 0.6 is 11.3 Å². The van der Waals surface area contributed by atoms with E-state index in [9.17, 15) is 9.59 Å². The predicted octanol–water partition coefficient (Wildman–Crippen LogP) is 4.32. The molecule has 2 aromatic rings. The largest absolute Gasteiger partial charge is 0.465 e. The molecule has 3 rings (SSSR count). The first kappa shape index (κ1) is 19.3. The summed E-state index contributed by atoms with van der Waals surface area (Å²) in [6.45, 7) is 4.03. The molecule has 1 heterocycles. The van der Waals surface area contributed by atoms with Crippen molar-refractivity contribution in [2.24, 2.45) is 5.41 Å². The minimum atomic E-state index is -1.02. The van der Waals surface area contributed by atoms with Crippen LogP contribution in [0.2, 0.25) is 0 Å². The molecule has 0 atom stereocenters. The molecule has 6 heteroatoms. The Balaban J connectivity index is 1.86. The molecule has 0 saturated heterocycles. The lowest BCUT2D eigenvalue weighted by molar-refractivity contribution is -0.166. The van der Waals surface area contributed by atoms with Crippen molar-refractivity contribution in [3.05, 3.63) is 45.9 Å². The van der Waals surface area contributed by atoms with Gasteiger partial charge >= 0.3 is 5.97 Å². The van der Waals surface area contributed by atoms with Gasteiger partial charge in [0.15, 0.2) is 0 Å². The van der Waals surface area contributed by atoms with E-state index in [2.05, 4.69) is 4.98 Å². The maximum Gasteiger partial charge on any atom is 0.321 e. The van der Waals surface area contributed by atoms with Gasteiger partial charge in [-0.2, -0.15) is 0 Å². The fourth-order valence-electron chi connectivity index (χ4n) is 3.40. The number of anilines is 1. The van der Waals surface area contributed by atoms with Crippen molar-refractivity contribution in [1.29, 1.82) is 0 Å². The van der Waals surface area contributed by atoms with Gasteiger partial charge in [-0.3, -0.25) is 9.59 Å². The van der Waals surface area contributed by atoms with E-state index < -0.39 is 11.4 Å². The van der Waals surface area contributed by atoms with E-state index in [1.807, 2.05) is 42.7 Å². The molecule has 1 aromatic heterocycles. The van der Waals surface area contributed by atoms with E-state index in [1.165, 1.54) is 0 Å². The summed E-state index contributed by atoms with van der Waals surface area (Å²) in [5, 5.41) is 2.86. The average Bonchev–Trinajstić information content (AvgIpc) is 3.13. The number of hydrogen-bond donors (Lipinski definition) is 0. The Bertz CT molecular complexity index is 854. The van der Waals surface area contributed by atoms with Crippen LogP contribution in [0, 0.1) is 12.3 Å². The lowest BCUT2D eigenvalue weighted by atomic mass is 9.67. The van der Waals surface area contributed by atoms with Gasteiger partial charge in [-0.15, -0.1) is 11.3 Å². The zero-order chi connectivity index (χ0) is 19.4. The fourth-order valence-corrected chi connectivity index (χ4v) is 3.93. The summed E-state index contributed by atoms with van der Waals surface area (Å²) >= 11 is 1.57. The zero-order valence-corrected chi connectivity index (χ0v) is 16.7. The summed E-state index contributed by atoms with van der Waals surface area (Å²) in [6.07, 6.45) is 7.71. The Morgan fingerprint density at radius 1 is 1.33 bits per heavy atom. The van der Waals surface area contributed by atoms with E-state index in [-0.39, 0.29) is 12.5 Å². The van der Waals surface area contributed by atoms with E-state index in [0.717, 1.165) is 28.2 Å². The molecule has 0 aliphatic heterocycles. The van der Waals surface area contributed by atoms with Gasteiger partial charge in [0, 0.05) is 24.3 Å². The molecule has 0 radical (unpaired) electrons. The fraction of sp³-hybridized carbons (Fsp3) is 0.381. The number of aromatic nitrogens is 1. The van der Waals surface area contributed by atoms with Gasteiger partial charge in [-0.1, -0.05) is 24.6 Å². The molecule has 1 amide bonds. The number of hydrogen-bond acceptors (Lipinski definition) is 5. The standard InChI is InChI=1S/C21H24N2O3S/c1-4-26-20(25)21(11-6-12-21)19(24)23(3)17-8-5-7-16(15(17)2)9-10-18-22-13-14-27-18/h5,7-10,13-14H,4,6,11-12H2,1-3H3/b10-9+. The van der Waals surface area contributed by atoms with Gasteiger partial charge < -0.3 is 9.64 Å². The van der Waals surface area contributed by atoms with Crippen LogP contribution < -0.4 is 4.90 Å². The monoisotopic (exact) mass is 384 g/mol. The smallest absolute Gasteiger partial charge is 0.321 e. The minimum Gasteiger partial charge on any atom is -0.465 e. The molecule has 0 unspecified atom stereocenters. The maximum atomic E-state index is 13.2. The van der Waals surface area contributed by atoms with E-state index in [4.69, 9.17) is 4.74 Å². The number of benzene rings is 1. The highest BCUT2D eigenvalue weighted by atomic mass is 32.1. The number of carbonyl (C=O) groups excluding carboxylic acids is 2. The number of amides is 1. The topological polar surface area (TPSA) is 59.5 Å². The summed E-state index contributed by atoms with van der Waals surface area (Å²) in [4.78, 5) is 31.4. The normalized spacial score (nSPS) is 15.4. The highest BCUT2D eigenvalue weighted by Crippen LogP contribution is 2.44. The van der Waals surface area contributed by atoms with Crippen LogP contribution in [0.4, 0.5) is 5.69 Å². The molecule has 0 bridgehead atoms. The third-order valence-corrected chi connectivity index (χ3v) is 5.89. The molecule has 1 saturated carbocycles. The molecular weight excluding hydrogens is 360 g/mol. The first-order valence-electron chi connectivity index (χ1n) is 9.12. The van der Waals surface area contributed by atoms with Crippen molar-refractivity contribution in [3.63, 3.8) is 0 Å². The third kappa shape index (κ3) is 3.67. The molecule has 1 aromatic carbocycles. The van der Waals surface area contributed by atoms with Crippen LogP contribution in [-0.4, -0.2) is 30.5 Å². The number of ether oxygens (including phenoxy) is 1. The first-order chi connectivity index (χ1) is 13.0. The highest BCUT2D eigenvalue weighted by molar-refractivity contribution is 7.10. The Hall–Kier alpha value is -2.47. The van der Waals surface area contributed by atoms with Crippen molar-refractivity contribution >= 4 is 41.1 Å². The van der Waals surface area contributed by atoms with Crippen molar-refractivity contribution in [2.75, 3.05) is 18.6 Å². The van der Waals surface area contributed by atoms with Gasteiger partial charge in [0.25, 0.3) is 0 Å². The SMILES string of the molecule is CCOC(=O)C1(C(=O)N(C)c2cccc(/C=C/c3nccs3)c2C)CCC1. The molecule has 5 nitrogen and oxygen atoms in total. The number of nitrogens with zero attached hydrogens (tertiary/aromatic N) is 2. The second-order valence-corrected chi connectivity index (χ2v) is 7.64. The third-order valence-electron chi connectivity index (χ3n) is 5.15. The summed E-state index contributed by atoms with van der Waals surface area (Å²) in [5.41, 5.74) is 1.78. The zero-order valence-electron chi connectivity index (χ0n) is 15.9. The Labute approximate surface area is 163 Å². The van der Waals surface area contributed by atoms with E-state index in [0.29, 0.717) is 12.8 Å². The summed E-state index contributed by atoms with van der Waals surface area (Å²) in [6, 6.07) is 5.84. The second-order valence-electron chi connectivity index (χ2n) is 6.72.